The molecule has 11 heavy (non-hydrogen) atoms. The summed E-state index contributed by atoms with van der Waals surface area (Å²) in [5, 5.41) is 0. The number of carbonyl (C=O) groups excluding carboxylic acids is 1. The molecule has 0 spiro atoms. The van der Waals surface area contributed by atoms with Crippen molar-refractivity contribution in [3.05, 3.63) is 0 Å². The summed E-state index contributed by atoms with van der Waals surface area (Å²) in [6.07, 6.45) is 1.49. The quantitative estimate of drug-likeness (QED) is 0.457. The maximum atomic E-state index is 10.0. The van der Waals surface area contributed by atoms with E-state index >= 15 is 0 Å². The fourth-order valence-corrected chi connectivity index (χ4v) is 0.936. The van der Waals surface area contributed by atoms with Crippen LogP contribution in [0.3, 0.4) is 0 Å². The Morgan fingerprint density at radius 1 is 1.09 bits per heavy atom. The summed E-state index contributed by atoms with van der Waals surface area (Å²) in [5.74, 6) is 0. The van der Waals surface area contributed by atoms with Crippen LogP contribution in [0.2, 0.25) is 0 Å². The highest BCUT2D eigenvalue weighted by Gasteiger charge is 2.00. The third kappa shape index (κ3) is 5.97. The van der Waals surface area contributed by atoms with Gasteiger partial charge in [0.2, 0.25) is 0 Å². The van der Waals surface area contributed by atoms with Gasteiger partial charge in [0.15, 0.2) is 0 Å². The van der Waals surface area contributed by atoms with Gasteiger partial charge >= 0.3 is 0 Å². The monoisotopic (exact) mass is 159 g/mol. The zero-order valence-corrected chi connectivity index (χ0v) is 6.83. The van der Waals surface area contributed by atoms with Crippen LogP contribution in [0.1, 0.15) is 6.42 Å². The highest BCUT2D eigenvalue weighted by molar-refractivity contribution is 5.49. The third-order valence-corrected chi connectivity index (χ3v) is 1.45. The van der Waals surface area contributed by atoms with E-state index in [1.807, 2.05) is 0 Å². The van der Waals surface area contributed by atoms with Crippen molar-refractivity contribution in [2.24, 2.45) is 11.5 Å². The van der Waals surface area contributed by atoms with E-state index in [0.717, 1.165) is 25.9 Å². The largest absolute Gasteiger partial charge is 0.329 e. The van der Waals surface area contributed by atoms with Gasteiger partial charge in [-0.3, -0.25) is 0 Å². The molecule has 0 aromatic heterocycles. The third-order valence-electron chi connectivity index (χ3n) is 1.45. The molecule has 0 unspecified atom stereocenters. The molecule has 0 aliphatic carbocycles. The average molecular weight is 159 g/mol. The first-order valence-electron chi connectivity index (χ1n) is 3.91. The predicted octanol–water partition coefficient (Wildman–Crippen LogP) is -1.21. The molecule has 0 amide bonds. The summed E-state index contributed by atoms with van der Waals surface area (Å²) in [4.78, 5) is 12.1. The lowest BCUT2D eigenvalue weighted by Crippen LogP contribution is -2.34. The van der Waals surface area contributed by atoms with Crippen molar-refractivity contribution in [1.29, 1.82) is 0 Å². The summed E-state index contributed by atoms with van der Waals surface area (Å²) < 4.78 is 0. The zero-order chi connectivity index (χ0) is 8.53. The van der Waals surface area contributed by atoms with Crippen LogP contribution in [0.15, 0.2) is 0 Å². The Kier molecular flexibility index (Phi) is 7.34. The molecule has 4 N–H and O–H groups in total. The molecule has 0 bridgehead atoms. The Morgan fingerprint density at radius 3 is 2.00 bits per heavy atom. The average Bonchev–Trinajstić information content (AvgIpc) is 2.01. The van der Waals surface area contributed by atoms with Crippen LogP contribution in [0.4, 0.5) is 0 Å². The molecule has 0 aromatic carbocycles. The molecule has 0 atom stereocenters. The highest BCUT2D eigenvalue weighted by Crippen LogP contribution is 1.86. The number of hydrogen-bond donors (Lipinski definition) is 2. The van der Waals surface area contributed by atoms with E-state index in [-0.39, 0.29) is 0 Å². The fraction of sp³-hybridized carbons (Fsp3) is 0.857. The van der Waals surface area contributed by atoms with Gasteiger partial charge in [-0.2, -0.15) is 0 Å². The maximum Gasteiger partial charge on any atom is 0.121 e. The maximum absolute atomic E-state index is 10.0. The Labute approximate surface area is 67.5 Å². The van der Waals surface area contributed by atoms with Crippen LogP contribution in [0.5, 0.6) is 0 Å². The van der Waals surface area contributed by atoms with Gasteiger partial charge in [0.05, 0.1) is 0 Å². The lowest BCUT2D eigenvalue weighted by atomic mass is 10.4. The van der Waals surface area contributed by atoms with Gasteiger partial charge in [0.25, 0.3) is 0 Å². The normalized spacial score (nSPS) is 10.5. The molecule has 0 saturated carbocycles. The number of nitrogens with zero attached hydrogens (tertiary/aromatic N) is 1. The number of carbonyl (C=O) groups is 1. The number of hydrogen-bond acceptors (Lipinski definition) is 4. The van der Waals surface area contributed by atoms with Crippen molar-refractivity contribution in [2.45, 2.75) is 6.42 Å². The SMILES string of the molecule is NCCN(CCN)CCC=O. The van der Waals surface area contributed by atoms with E-state index in [1.54, 1.807) is 0 Å². The second-order valence-electron chi connectivity index (χ2n) is 2.37. The first-order chi connectivity index (χ1) is 5.35. The minimum atomic E-state index is 0.569. The number of rotatable bonds is 7. The van der Waals surface area contributed by atoms with Gasteiger partial charge < -0.3 is 21.2 Å². The molecule has 0 radical (unpaired) electrons. The van der Waals surface area contributed by atoms with Crippen LogP contribution >= 0.6 is 0 Å². The number of nitrogens with two attached hydrogens (primary N) is 2. The topological polar surface area (TPSA) is 72.3 Å². The fourth-order valence-electron chi connectivity index (χ4n) is 0.936. The van der Waals surface area contributed by atoms with Crippen LogP contribution in [0.25, 0.3) is 0 Å². The molecule has 0 saturated heterocycles. The van der Waals surface area contributed by atoms with E-state index in [9.17, 15) is 4.79 Å². The van der Waals surface area contributed by atoms with E-state index in [1.165, 1.54) is 0 Å². The van der Waals surface area contributed by atoms with Crippen molar-refractivity contribution in [2.75, 3.05) is 32.7 Å². The van der Waals surface area contributed by atoms with Gasteiger partial charge in [-0.1, -0.05) is 0 Å². The molecular formula is C7H17N3O. The molecule has 0 aliphatic heterocycles. The van der Waals surface area contributed by atoms with Crippen LogP contribution in [-0.2, 0) is 4.79 Å². The lowest BCUT2D eigenvalue weighted by molar-refractivity contribution is -0.108. The Bertz CT molecular complexity index is 91.7. The van der Waals surface area contributed by atoms with Crippen molar-refractivity contribution in [3.8, 4) is 0 Å². The molecule has 4 nitrogen and oxygen atoms in total. The summed E-state index contributed by atoms with van der Waals surface area (Å²) in [5.41, 5.74) is 10.7. The summed E-state index contributed by atoms with van der Waals surface area (Å²) in [7, 11) is 0. The molecular weight excluding hydrogens is 142 g/mol. The highest BCUT2D eigenvalue weighted by atomic mass is 16.1. The molecule has 0 heterocycles. The first-order valence-corrected chi connectivity index (χ1v) is 3.91. The van der Waals surface area contributed by atoms with Gasteiger partial charge in [-0.15, -0.1) is 0 Å². The van der Waals surface area contributed by atoms with Gasteiger partial charge in [-0.25, -0.2) is 0 Å². The van der Waals surface area contributed by atoms with Crippen LogP contribution in [0, 0.1) is 0 Å². The van der Waals surface area contributed by atoms with Crippen molar-refractivity contribution in [3.63, 3.8) is 0 Å². The Balaban J connectivity index is 3.41. The lowest BCUT2D eigenvalue weighted by Gasteiger charge is -2.18. The van der Waals surface area contributed by atoms with Gasteiger partial charge in [0.1, 0.15) is 6.29 Å². The van der Waals surface area contributed by atoms with Crippen molar-refractivity contribution in [1.82, 2.24) is 4.90 Å². The molecule has 66 valence electrons. The molecule has 0 aromatic rings. The van der Waals surface area contributed by atoms with Crippen LogP contribution < -0.4 is 11.5 Å². The summed E-state index contributed by atoms with van der Waals surface area (Å²) >= 11 is 0. The standard InChI is InChI=1S/C7H17N3O/c8-2-5-10(6-3-9)4-1-7-11/h7H,1-6,8-9H2. The molecule has 0 fully saturated rings. The van der Waals surface area contributed by atoms with E-state index in [2.05, 4.69) is 4.90 Å². The second-order valence-corrected chi connectivity index (χ2v) is 2.37. The van der Waals surface area contributed by atoms with Gasteiger partial charge in [-0.05, 0) is 0 Å². The molecule has 4 heteroatoms. The second kappa shape index (κ2) is 7.65. The van der Waals surface area contributed by atoms with Gasteiger partial charge in [0, 0.05) is 39.1 Å². The minimum absolute atomic E-state index is 0.569. The van der Waals surface area contributed by atoms with E-state index in [0.29, 0.717) is 19.5 Å². The Hall–Kier alpha value is -0.450. The zero-order valence-electron chi connectivity index (χ0n) is 6.83. The van der Waals surface area contributed by atoms with Crippen molar-refractivity contribution >= 4 is 6.29 Å². The van der Waals surface area contributed by atoms with E-state index in [4.69, 9.17) is 11.5 Å². The summed E-state index contributed by atoms with van der Waals surface area (Å²) in [6, 6.07) is 0. The molecule has 0 rings (SSSR count). The first kappa shape index (κ1) is 10.6. The molecule has 0 aliphatic rings. The van der Waals surface area contributed by atoms with E-state index < -0.39 is 0 Å². The minimum Gasteiger partial charge on any atom is -0.329 e. The smallest absolute Gasteiger partial charge is 0.121 e. The number of aldehydes is 1. The van der Waals surface area contributed by atoms with Crippen LogP contribution in [-0.4, -0.2) is 43.9 Å². The predicted molar refractivity (Wildman–Crippen MR) is 45.2 cm³/mol. The Morgan fingerprint density at radius 2 is 1.64 bits per heavy atom. The summed E-state index contributed by atoms with van der Waals surface area (Å²) in [6.45, 7) is 3.67. The van der Waals surface area contributed by atoms with Crippen molar-refractivity contribution < 1.29 is 4.79 Å².